The molecule has 1 fully saturated rings. The van der Waals surface area contributed by atoms with Gasteiger partial charge in [0.25, 0.3) is 5.91 Å². The van der Waals surface area contributed by atoms with E-state index in [-0.39, 0.29) is 34.6 Å². The van der Waals surface area contributed by atoms with Crippen LogP contribution in [0.4, 0.5) is 4.39 Å². The van der Waals surface area contributed by atoms with Gasteiger partial charge in [0.2, 0.25) is 10.0 Å². The second kappa shape index (κ2) is 7.78. The van der Waals surface area contributed by atoms with Crippen molar-refractivity contribution in [2.45, 2.75) is 43.7 Å². The Kier molecular flexibility index (Phi) is 5.62. The molecule has 0 bridgehead atoms. The highest BCUT2D eigenvalue weighted by atomic mass is 32.2. The Morgan fingerprint density at radius 1 is 1.04 bits per heavy atom. The molecule has 144 valence electrons. The average molecular weight is 390 g/mol. The summed E-state index contributed by atoms with van der Waals surface area (Å²) in [5, 5.41) is 2.94. The van der Waals surface area contributed by atoms with Gasteiger partial charge in [-0.25, -0.2) is 17.5 Å². The monoisotopic (exact) mass is 390 g/mol. The van der Waals surface area contributed by atoms with E-state index in [1.165, 1.54) is 36.4 Å². The molecule has 1 atom stereocenters. The number of benzene rings is 2. The van der Waals surface area contributed by atoms with Crippen LogP contribution in [0.15, 0.2) is 53.4 Å². The van der Waals surface area contributed by atoms with E-state index in [0.717, 1.165) is 18.4 Å². The number of rotatable bonds is 7. The SMILES string of the molecule is CC(C)C(NC(=O)c1ccc(S(=O)(=O)NC2CC2)cc1)c1ccc(F)cc1. The molecule has 1 amide bonds. The minimum absolute atomic E-state index is 0.0282. The highest BCUT2D eigenvalue weighted by molar-refractivity contribution is 7.89. The van der Waals surface area contributed by atoms with E-state index in [0.29, 0.717) is 5.56 Å². The molecule has 27 heavy (non-hydrogen) atoms. The molecular formula is C20H23FN2O3S. The number of nitrogens with one attached hydrogen (secondary N) is 2. The van der Waals surface area contributed by atoms with Crippen molar-refractivity contribution in [1.82, 2.24) is 10.0 Å². The van der Waals surface area contributed by atoms with E-state index in [4.69, 9.17) is 0 Å². The number of carbonyl (C=O) groups excluding carboxylic acids is 1. The molecule has 0 saturated heterocycles. The summed E-state index contributed by atoms with van der Waals surface area (Å²) in [6.07, 6.45) is 1.72. The maximum atomic E-state index is 13.2. The summed E-state index contributed by atoms with van der Waals surface area (Å²) in [5.74, 6) is -0.539. The van der Waals surface area contributed by atoms with Crippen LogP contribution < -0.4 is 10.0 Å². The van der Waals surface area contributed by atoms with E-state index in [2.05, 4.69) is 10.0 Å². The van der Waals surface area contributed by atoms with Gasteiger partial charge >= 0.3 is 0 Å². The molecule has 1 saturated carbocycles. The molecule has 1 unspecified atom stereocenters. The molecule has 1 aliphatic rings. The Bertz CT molecular complexity index is 905. The molecule has 0 aliphatic heterocycles. The number of carbonyl (C=O) groups is 1. The first-order valence-corrected chi connectivity index (χ1v) is 10.4. The predicted molar refractivity (Wildman–Crippen MR) is 101 cm³/mol. The Labute approximate surface area is 159 Å². The van der Waals surface area contributed by atoms with Crippen molar-refractivity contribution in [2.75, 3.05) is 0 Å². The molecule has 0 spiro atoms. The second-order valence-electron chi connectivity index (χ2n) is 7.17. The van der Waals surface area contributed by atoms with Crippen LogP contribution in [0.1, 0.15) is 48.7 Å². The maximum absolute atomic E-state index is 13.2. The standard InChI is InChI=1S/C20H23FN2O3S/c1-13(2)19(14-3-7-16(21)8-4-14)22-20(24)15-5-11-18(12-6-15)27(25,26)23-17-9-10-17/h3-8,11-13,17,19,23H,9-10H2,1-2H3,(H,22,24). The van der Waals surface area contributed by atoms with Crippen molar-refractivity contribution in [3.05, 3.63) is 65.5 Å². The summed E-state index contributed by atoms with van der Waals surface area (Å²) in [6.45, 7) is 3.93. The van der Waals surface area contributed by atoms with E-state index in [1.807, 2.05) is 13.8 Å². The van der Waals surface area contributed by atoms with Crippen molar-refractivity contribution in [3.8, 4) is 0 Å². The fraction of sp³-hybridized carbons (Fsp3) is 0.350. The smallest absolute Gasteiger partial charge is 0.251 e. The highest BCUT2D eigenvalue weighted by Crippen LogP contribution is 2.24. The van der Waals surface area contributed by atoms with Crippen LogP contribution in [-0.2, 0) is 10.0 Å². The van der Waals surface area contributed by atoms with Crippen LogP contribution in [-0.4, -0.2) is 20.4 Å². The zero-order valence-electron chi connectivity index (χ0n) is 15.3. The lowest BCUT2D eigenvalue weighted by Gasteiger charge is -2.23. The van der Waals surface area contributed by atoms with Gasteiger partial charge in [-0.2, -0.15) is 0 Å². The third-order valence-electron chi connectivity index (χ3n) is 4.51. The number of sulfonamides is 1. The Morgan fingerprint density at radius 2 is 1.63 bits per heavy atom. The fourth-order valence-corrected chi connectivity index (χ4v) is 4.11. The van der Waals surface area contributed by atoms with Gasteiger partial charge in [0, 0.05) is 11.6 Å². The minimum Gasteiger partial charge on any atom is -0.345 e. The van der Waals surface area contributed by atoms with Gasteiger partial charge in [0.1, 0.15) is 5.82 Å². The molecule has 0 heterocycles. The van der Waals surface area contributed by atoms with E-state index < -0.39 is 10.0 Å². The lowest BCUT2D eigenvalue weighted by molar-refractivity contribution is 0.0925. The first-order valence-electron chi connectivity index (χ1n) is 8.95. The molecule has 1 aliphatic carbocycles. The van der Waals surface area contributed by atoms with E-state index in [1.54, 1.807) is 12.1 Å². The Balaban J connectivity index is 1.73. The predicted octanol–water partition coefficient (Wildman–Crippen LogP) is 3.39. The highest BCUT2D eigenvalue weighted by Gasteiger charge is 2.28. The van der Waals surface area contributed by atoms with Crippen LogP contribution in [0.2, 0.25) is 0 Å². The number of halogens is 1. The van der Waals surface area contributed by atoms with Crippen molar-refractivity contribution in [3.63, 3.8) is 0 Å². The summed E-state index contributed by atoms with van der Waals surface area (Å²) in [7, 11) is -3.54. The largest absolute Gasteiger partial charge is 0.345 e. The fourth-order valence-electron chi connectivity index (χ4n) is 2.80. The first-order chi connectivity index (χ1) is 12.8. The van der Waals surface area contributed by atoms with Crippen molar-refractivity contribution >= 4 is 15.9 Å². The Morgan fingerprint density at radius 3 is 2.15 bits per heavy atom. The normalized spacial score (nSPS) is 15.6. The lowest BCUT2D eigenvalue weighted by Crippen LogP contribution is -2.32. The molecule has 2 aromatic rings. The molecule has 2 N–H and O–H groups in total. The van der Waals surface area contributed by atoms with Gasteiger partial charge < -0.3 is 5.32 Å². The van der Waals surface area contributed by atoms with Crippen LogP contribution >= 0.6 is 0 Å². The van der Waals surface area contributed by atoms with Gasteiger partial charge in [0.15, 0.2) is 0 Å². The van der Waals surface area contributed by atoms with Gasteiger partial charge in [-0.3, -0.25) is 4.79 Å². The van der Waals surface area contributed by atoms with Crippen molar-refractivity contribution in [1.29, 1.82) is 0 Å². The zero-order chi connectivity index (χ0) is 19.6. The molecule has 0 radical (unpaired) electrons. The second-order valence-corrected chi connectivity index (χ2v) is 8.88. The third kappa shape index (κ3) is 4.93. The van der Waals surface area contributed by atoms with Crippen molar-refractivity contribution in [2.24, 2.45) is 5.92 Å². The molecule has 3 rings (SSSR count). The molecule has 0 aromatic heterocycles. The summed E-state index contributed by atoms with van der Waals surface area (Å²) in [4.78, 5) is 12.7. The Hall–Kier alpha value is -2.25. The van der Waals surface area contributed by atoms with Gasteiger partial charge in [-0.05, 0) is 60.7 Å². The molecule has 7 heteroatoms. The lowest BCUT2D eigenvalue weighted by atomic mass is 9.95. The van der Waals surface area contributed by atoms with Crippen LogP contribution in [0.5, 0.6) is 0 Å². The zero-order valence-corrected chi connectivity index (χ0v) is 16.1. The summed E-state index contributed by atoms with van der Waals surface area (Å²) in [5.41, 5.74) is 1.18. The minimum atomic E-state index is -3.54. The van der Waals surface area contributed by atoms with E-state index in [9.17, 15) is 17.6 Å². The number of hydrogen-bond donors (Lipinski definition) is 2. The van der Waals surface area contributed by atoms with Crippen LogP contribution in [0.25, 0.3) is 0 Å². The van der Waals surface area contributed by atoms with Gasteiger partial charge in [0.05, 0.1) is 10.9 Å². The van der Waals surface area contributed by atoms with Gasteiger partial charge in [-0.15, -0.1) is 0 Å². The topological polar surface area (TPSA) is 75.3 Å². The summed E-state index contributed by atoms with van der Waals surface area (Å²) in [6, 6.07) is 11.6. The summed E-state index contributed by atoms with van der Waals surface area (Å²) < 4.78 is 40.2. The average Bonchev–Trinajstić information content (AvgIpc) is 3.43. The molecule has 5 nitrogen and oxygen atoms in total. The molecule has 2 aromatic carbocycles. The van der Waals surface area contributed by atoms with Crippen molar-refractivity contribution < 1.29 is 17.6 Å². The molecular weight excluding hydrogens is 367 g/mol. The van der Waals surface area contributed by atoms with Crippen LogP contribution in [0.3, 0.4) is 0 Å². The maximum Gasteiger partial charge on any atom is 0.251 e. The van der Waals surface area contributed by atoms with E-state index >= 15 is 0 Å². The number of hydrogen-bond acceptors (Lipinski definition) is 3. The number of amides is 1. The van der Waals surface area contributed by atoms with Crippen LogP contribution in [0, 0.1) is 11.7 Å². The van der Waals surface area contributed by atoms with Gasteiger partial charge in [-0.1, -0.05) is 26.0 Å². The summed E-state index contributed by atoms with van der Waals surface area (Å²) >= 11 is 0. The third-order valence-corrected chi connectivity index (χ3v) is 6.04. The first kappa shape index (κ1) is 19.5. The quantitative estimate of drug-likeness (QED) is 0.761.